The van der Waals surface area contributed by atoms with Crippen LogP contribution in [-0.2, 0) is 6.54 Å². The molecule has 0 bridgehead atoms. The molecule has 6 nitrogen and oxygen atoms in total. The number of rotatable bonds is 5. The number of aromatic nitrogens is 3. The number of amides is 1. The van der Waals surface area contributed by atoms with Crippen LogP contribution in [0.25, 0.3) is 5.65 Å². The van der Waals surface area contributed by atoms with Gasteiger partial charge in [-0.1, -0.05) is 30.3 Å². The van der Waals surface area contributed by atoms with E-state index in [0.29, 0.717) is 23.3 Å². The summed E-state index contributed by atoms with van der Waals surface area (Å²) in [5.74, 6) is 0.360. The van der Waals surface area contributed by atoms with Gasteiger partial charge in [-0.3, -0.25) is 14.1 Å². The molecule has 0 unspecified atom stereocenters. The third-order valence-corrected chi connectivity index (χ3v) is 5.85. The van der Waals surface area contributed by atoms with Crippen LogP contribution in [0, 0.1) is 0 Å². The normalized spacial score (nSPS) is 18.4. The summed E-state index contributed by atoms with van der Waals surface area (Å²) in [6, 6.07) is 13.1. The van der Waals surface area contributed by atoms with Gasteiger partial charge in [0, 0.05) is 30.4 Å². The number of hydrogen-bond acceptors (Lipinski definition) is 4. The molecule has 5 rings (SSSR count). The van der Waals surface area contributed by atoms with Crippen molar-refractivity contribution >= 4 is 11.6 Å². The van der Waals surface area contributed by atoms with E-state index in [9.17, 15) is 4.79 Å². The zero-order valence-electron chi connectivity index (χ0n) is 15.9. The van der Waals surface area contributed by atoms with Crippen molar-refractivity contribution in [3.63, 3.8) is 0 Å². The SMILES string of the molecule is O=C(NC1CC1)c1ncn2c(C3CCN(Cc4ccccc4)CC3)ccnc12. The maximum Gasteiger partial charge on any atom is 0.274 e. The quantitative estimate of drug-likeness (QED) is 0.745. The molecule has 1 N–H and O–H groups in total. The standard InChI is InChI=1S/C22H25N5O/c28-22(25-18-6-7-18)20-21-23-11-8-19(27(21)15-24-20)17-9-12-26(13-10-17)14-16-4-2-1-3-5-16/h1-5,8,11,15,17-18H,6-7,9-10,12-14H2,(H,25,28). The van der Waals surface area contributed by atoms with Crippen LogP contribution in [0.3, 0.4) is 0 Å². The molecule has 2 aromatic heterocycles. The number of fused-ring (bicyclic) bond motifs is 1. The number of hydrogen-bond donors (Lipinski definition) is 1. The highest BCUT2D eigenvalue weighted by Crippen LogP contribution is 2.29. The maximum absolute atomic E-state index is 12.4. The Bertz CT molecular complexity index is 971. The number of nitrogens with one attached hydrogen (secondary N) is 1. The first-order chi connectivity index (χ1) is 13.8. The van der Waals surface area contributed by atoms with E-state index in [1.54, 1.807) is 6.33 Å². The molecular weight excluding hydrogens is 350 g/mol. The predicted molar refractivity (Wildman–Crippen MR) is 107 cm³/mol. The van der Waals surface area contributed by atoms with Gasteiger partial charge < -0.3 is 5.32 Å². The van der Waals surface area contributed by atoms with E-state index >= 15 is 0 Å². The van der Waals surface area contributed by atoms with E-state index in [-0.39, 0.29) is 5.91 Å². The minimum Gasteiger partial charge on any atom is -0.348 e. The number of carbonyl (C=O) groups excluding carboxylic acids is 1. The van der Waals surface area contributed by atoms with Crippen molar-refractivity contribution in [3.05, 3.63) is 65.9 Å². The van der Waals surface area contributed by atoms with Crippen LogP contribution >= 0.6 is 0 Å². The Balaban J connectivity index is 1.30. The second-order valence-electron chi connectivity index (χ2n) is 7.94. The molecule has 1 amide bonds. The van der Waals surface area contributed by atoms with E-state index in [1.807, 2.05) is 10.6 Å². The highest BCUT2D eigenvalue weighted by atomic mass is 16.2. The van der Waals surface area contributed by atoms with Gasteiger partial charge in [-0.15, -0.1) is 0 Å². The van der Waals surface area contributed by atoms with Gasteiger partial charge in [0.2, 0.25) is 0 Å². The lowest BCUT2D eigenvalue weighted by Gasteiger charge is -2.32. The summed E-state index contributed by atoms with van der Waals surface area (Å²) in [7, 11) is 0. The van der Waals surface area contributed by atoms with Crippen LogP contribution in [0.4, 0.5) is 0 Å². The van der Waals surface area contributed by atoms with Crippen LogP contribution in [0.2, 0.25) is 0 Å². The lowest BCUT2D eigenvalue weighted by atomic mass is 9.93. The topological polar surface area (TPSA) is 62.5 Å². The van der Waals surface area contributed by atoms with Crippen molar-refractivity contribution in [1.82, 2.24) is 24.6 Å². The number of benzene rings is 1. The van der Waals surface area contributed by atoms with E-state index in [1.165, 1.54) is 11.3 Å². The summed E-state index contributed by atoms with van der Waals surface area (Å²) in [5, 5.41) is 3.01. The van der Waals surface area contributed by atoms with E-state index in [2.05, 4.69) is 56.6 Å². The molecule has 2 aliphatic rings. The van der Waals surface area contributed by atoms with E-state index in [0.717, 1.165) is 45.3 Å². The minimum atomic E-state index is -0.104. The molecule has 6 heteroatoms. The fourth-order valence-corrected chi connectivity index (χ4v) is 4.12. The number of piperidine rings is 1. The average Bonchev–Trinajstić information content (AvgIpc) is 3.43. The van der Waals surface area contributed by atoms with Crippen molar-refractivity contribution in [1.29, 1.82) is 0 Å². The van der Waals surface area contributed by atoms with Crippen LogP contribution in [0.15, 0.2) is 48.9 Å². The average molecular weight is 375 g/mol. The van der Waals surface area contributed by atoms with Crippen molar-refractivity contribution in [2.45, 2.75) is 44.2 Å². The van der Waals surface area contributed by atoms with E-state index in [4.69, 9.17) is 0 Å². The number of carbonyl (C=O) groups is 1. The molecule has 2 fully saturated rings. The molecule has 3 heterocycles. The number of nitrogens with zero attached hydrogens (tertiary/aromatic N) is 4. The summed E-state index contributed by atoms with van der Waals surface area (Å²) in [4.78, 5) is 23.8. The van der Waals surface area contributed by atoms with Crippen LogP contribution in [0.5, 0.6) is 0 Å². The highest BCUT2D eigenvalue weighted by molar-refractivity contribution is 5.98. The molecule has 144 valence electrons. The zero-order valence-corrected chi connectivity index (χ0v) is 15.9. The first kappa shape index (κ1) is 17.4. The van der Waals surface area contributed by atoms with Crippen molar-refractivity contribution in [3.8, 4) is 0 Å². The summed E-state index contributed by atoms with van der Waals surface area (Å²) in [5.41, 5.74) is 3.69. The van der Waals surface area contributed by atoms with Crippen LogP contribution in [-0.4, -0.2) is 44.3 Å². The molecular formula is C22H25N5O. The lowest BCUT2D eigenvalue weighted by Crippen LogP contribution is -2.33. The smallest absolute Gasteiger partial charge is 0.274 e. The van der Waals surface area contributed by atoms with Crippen LogP contribution in [0.1, 0.15) is 53.3 Å². The molecule has 28 heavy (non-hydrogen) atoms. The third-order valence-electron chi connectivity index (χ3n) is 5.85. The first-order valence-electron chi connectivity index (χ1n) is 10.2. The second kappa shape index (κ2) is 7.36. The molecule has 1 saturated heterocycles. The number of likely N-dealkylation sites (tertiary alicyclic amines) is 1. The van der Waals surface area contributed by atoms with Gasteiger partial charge in [0.15, 0.2) is 11.3 Å². The number of imidazole rings is 1. The molecule has 3 aromatic rings. The van der Waals surface area contributed by atoms with Crippen LogP contribution < -0.4 is 5.32 Å². The second-order valence-corrected chi connectivity index (χ2v) is 7.94. The fraction of sp³-hybridized carbons (Fsp3) is 0.409. The Hall–Kier alpha value is -2.73. The Morgan fingerprint density at radius 2 is 1.82 bits per heavy atom. The zero-order chi connectivity index (χ0) is 18.9. The predicted octanol–water partition coefficient (Wildman–Crippen LogP) is 3.00. The Kier molecular flexibility index (Phi) is 4.56. The maximum atomic E-state index is 12.4. The first-order valence-corrected chi connectivity index (χ1v) is 10.2. The monoisotopic (exact) mass is 375 g/mol. The summed E-state index contributed by atoms with van der Waals surface area (Å²) < 4.78 is 2.01. The fourth-order valence-electron chi connectivity index (χ4n) is 4.12. The van der Waals surface area contributed by atoms with Gasteiger partial charge in [0.05, 0.1) is 0 Å². The van der Waals surface area contributed by atoms with Crippen molar-refractivity contribution < 1.29 is 4.79 Å². The highest BCUT2D eigenvalue weighted by Gasteiger charge is 2.27. The van der Waals surface area contributed by atoms with Gasteiger partial charge in [0.25, 0.3) is 5.91 Å². The molecule has 1 aliphatic carbocycles. The minimum absolute atomic E-state index is 0.104. The molecule has 0 radical (unpaired) electrons. The third kappa shape index (κ3) is 3.52. The Morgan fingerprint density at radius 3 is 2.57 bits per heavy atom. The van der Waals surface area contributed by atoms with Crippen molar-refractivity contribution in [2.75, 3.05) is 13.1 Å². The summed E-state index contributed by atoms with van der Waals surface area (Å²) in [6.45, 7) is 3.16. The molecule has 0 spiro atoms. The Labute approximate surface area is 164 Å². The van der Waals surface area contributed by atoms with E-state index < -0.39 is 0 Å². The molecule has 1 saturated carbocycles. The van der Waals surface area contributed by atoms with Gasteiger partial charge >= 0.3 is 0 Å². The molecule has 0 atom stereocenters. The van der Waals surface area contributed by atoms with Gasteiger partial charge in [-0.2, -0.15) is 0 Å². The van der Waals surface area contributed by atoms with Gasteiger partial charge in [-0.25, -0.2) is 9.97 Å². The largest absolute Gasteiger partial charge is 0.348 e. The Morgan fingerprint density at radius 1 is 1.04 bits per heavy atom. The summed E-state index contributed by atoms with van der Waals surface area (Å²) in [6.07, 6.45) is 7.92. The van der Waals surface area contributed by atoms with Crippen molar-refractivity contribution in [2.24, 2.45) is 0 Å². The van der Waals surface area contributed by atoms with Gasteiger partial charge in [-0.05, 0) is 50.4 Å². The molecule has 1 aliphatic heterocycles. The summed E-state index contributed by atoms with van der Waals surface area (Å²) >= 11 is 0. The van der Waals surface area contributed by atoms with Gasteiger partial charge in [0.1, 0.15) is 6.33 Å². The molecule has 1 aromatic carbocycles. The lowest BCUT2D eigenvalue weighted by molar-refractivity contribution is 0.0948.